The number of pyridine rings is 2. The number of halogens is 1. The van der Waals surface area contributed by atoms with Crippen molar-refractivity contribution in [3.8, 4) is 5.75 Å². The van der Waals surface area contributed by atoms with Crippen LogP contribution in [0.4, 0.5) is 23.1 Å². The van der Waals surface area contributed by atoms with Gasteiger partial charge in [-0.2, -0.15) is 10.1 Å². The van der Waals surface area contributed by atoms with Gasteiger partial charge in [0.1, 0.15) is 10.7 Å². The third-order valence-electron chi connectivity index (χ3n) is 14.4. The first-order valence-electron chi connectivity index (χ1n) is 22.5. The molecule has 3 N–H and O–H groups in total. The quantitative estimate of drug-likeness (QED) is 0.153. The summed E-state index contributed by atoms with van der Waals surface area (Å²) >= 11 is 6.60. The molecule has 0 aliphatic carbocycles. The third kappa shape index (κ3) is 8.83. The summed E-state index contributed by atoms with van der Waals surface area (Å²) < 4.78 is 8.77. The number of hydrogen-bond donors (Lipinski definition) is 3. The van der Waals surface area contributed by atoms with Crippen LogP contribution in [0.3, 0.4) is 0 Å². The van der Waals surface area contributed by atoms with Crippen LogP contribution in [0.15, 0.2) is 47.5 Å². The van der Waals surface area contributed by atoms with Crippen molar-refractivity contribution in [1.82, 2.24) is 44.8 Å². The van der Waals surface area contributed by atoms with Crippen molar-refractivity contribution in [2.45, 2.75) is 64.2 Å². The summed E-state index contributed by atoms with van der Waals surface area (Å²) in [6, 6.07) is 9.89. The number of benzene rings is 1. The molecule has 17 nitrogen and oxygen atoms in total. The van der Waals surface area contributed by atoms with E-state index in [0.29, 0.717) is 63.6 Å². The minimum absolute atomic E-state index is 0.0550. The lowest BCUT2D eigenvalue weighted by molar-refractivity contribution is -0.134. The summed E-state index contributed by atoms with van der Waals surface area (Å²) in [5.41, 5.74) is 4.02. The number of fused-ring (bicyclic) bond motifs is 2. The molecule has 8 heterocycles. The standard InChI is InChI=1S/C46H57ClN12O5/c1-28(29-9-15-58(16-10-29)32-5-6-33-36(23-32)56(4)54-40(33)34-7-8-38(60)52-43(34)62)26-57-17-11-46(12-18-57)13-19-59(20-14-46)45-50-25-35(47)41(53-45)51-31-21-30-22-37(64-27-39(61)48-2)44(63)55(3)42(30)49-24-31/h5-6,21-25,28-29,34H,7-20,26-27H2,1-4H3,(H,48,61)(H,50,51,53)(H,52,60,62)/t28-,34?/m0/s1. The summed E-state index contributed by atoms with van der Waals surface area (Å²) in [5, 5.41) is 15.0. The molecule has 4 fully saturated rings. The van der Waals surface area contributed by atoms with E-state index in [0.717, 1.165) is 75.3 Å². The Bertz CT molecular complexity index is 2640. The minimum Gasteiger partial charge on any atom is -0.478 e. The van der Waals surface area contributed by atoms with Crippen molar-refractivity contribution in [1.29, 1.82) is 0 Å². The van der Waals surface area contributed by atoms with Crippen molar-refractivity contribution >= 4 is 74.4 Å². The second-order valence-corrected chi connectivity index (χ2v) is 18.7. The number of anilines is 4. The van der Waals surface area contributed by atoms with Gasteiger partial charge in [0.15, 0.2) is 18.2 Å². The average molecular weight is 893 g/mol. The number of piperidine rings is 4. The van der Waals surface area contributed by atoms with Gasteiger partial charge < -0.3 is 30.1 Å². The van der Waals surface area contributed by atoms with E-state index >= 15 is 0 Å². The highest BCUT2D eigenvalue weighted by molar-refractivity contribution is 6.33. The number of aromatic nitrogens is 6. The Kier molecular flexibility index (Phi) is 12.2. The monoisotopic (exact) mass is 892 g/mol. The molecule has 5 aromatic rings. The number of imide groups is 1. The first-order valence-corrected chi connectivity index (χ1v) is 22.9. The molecule has 4 aromatic heterocycles. The van der Waals surface area contributed by atoms with E-state index in [1.54, 1.807) is 25.5 Å². The first-order chi connectivity index (χ1) is 30.9. The number of aryl methyl sites for hydroxylation is 2. The van der Waals surface area contributed by atoms with Crippen LogP contribution < -0.4 is 36.0 Å². The molecule has 3 amide bonds. The van der Waals surface area contributed by atoms with Crippen LogP contribution in [0.2, 0.25) is 5.02 Å². The molecule has 1 unspecified atom stereocenters. The fourth-order valence-corrected chi connectivity index (χ4v) is 10.4. The number of hydrogen-bond acceptors (Lipinski definition) is 13. The van der Waals surface area contributed by atoms with Crippen molar-refractivity contribution < 1.29 is 19.1 Å². The summed E-state index contributed by atoms with van der Waals surface area (Å²) in [6.45, 7) is 9.40. The van der Waals surface area contributed by atoms with Gasteiger partial charge in [0, 0.05) is 76.7 Å². The predicted molar refractivity (Wildman–Crippen MR) is 246 cm³/mol. The lowest BCUT2D eigenvalue weighted by Crippen LogP contribution is -2.48. The number of nitrogens with zero attached hydrogens (tertiary/aromatic N) is 9. The van der Waals surface area contributed by atoms with Crippen LogP contribution in [0.25, 0.3) is 21.9 Å². The van der Waals surface area contributed by atoms with E-state index < -0.39 is 5.92 Å². The summed E-state index contributed by atoms with van der Waals surface area (Å²) in [6.07, 6.45) is 11.1. The number of carbonyl (C=O) groups excluding carboxylic acids is 3. The van der Waals surface area contributed by atoms with Crippen LogP contribution in [0.1, 0.15) is 69.9 Å². The number of amides is 3. The van der Waals surface area contributed by atoms with Crippen molar-refractivity contribution in [2.24, 2.45) is 31.3 Å². The van der Waals surface area contributed by atoms with Gasteiger partial charge in [-0.1, -0.05) is 18.5 Å². The van der Waals surface area contributed by atoms with Crippen LogP contribution in [0.5, 0.6) is 5.75 Å². The molecule has 1 aromatic carbocycles. The predicted octanol–water partition coefficient (Wildman–Crippen LogP) is 4.89. The number of likely N-dealkylation sites (N-methyl/N-ethyl adjacent to an activating group) is 1. The fourth-order valence-electron chi connectivity index (χ4n) is 10.3. The third-order valence-corrected chi connectivity index (χ3v) is 14.6. The summed E-state index contributed by atoms with van der Waals surface area (Å²) in [7, 11) is 5.05. The van der Waals surface area contributed by atoms with Crippen LogP contribution in [0, 0.1) is 17.3 Å². The van der Waals surface area contributed by atoms with E-state index in [2.05, 4.69) is 65.7 Å². The molecule has 2 atom stereocenters. The molecule has 338 valence electrons. The van der Waals surface area contributed by atoms with Gasteiger partial charge in [0.2, 0.25) is 17.8 Å². The maximum atomic E-state index is 12.8. The van der Waals surface area contributed by atoms with E-state index in [9.17, 15) is 19.2 Å². The van der Waals surface area contributed by atoms with Gasteiger partial charge in [-0.15, -0.1) is 0 Å². The highest BCUT2D eigenvalue weighted by Gasteiger charge is 2.39. The average Bonchev–Trinajstić information content (AvgIpc) is 3.63. The Morgan fingerprint density at radius 3 is 2.44 bits per heavy atom. The van der Waals surface area contributed by atoms with Crippen molar-refractivity contribution in [3.05, 3.63) is 63.8 Å². The number of ether oxygens (including phenoxy) is 1. The Morgan fingerprint density at radius 2 is 1.70 bits per heavy atom. The number of likely N-dealkylation sites (tertiary alicyclic amines) is 1. The first kappa shape index (κ1) is 43.4. The molecule has 0 saturated carbocycles. The van der Waals surface area contributed by atoms with Crippen LogP contribution in [-0.4, -0.2) is 111 Å². The highest BCUT2D eigenvalue weighted by atomic mass is 35.5. The van der Waals surface area contributed by atoms with Gasteiger partial charge in [0.05, 0.1) is 35.2 Å². The number of nitrogens with one attached hydrogen (secondary N) is 3. The molecule has 64 heavy (non-hydrogen) atoms. The van der Waals surface area contributed by atoms with E-state index in [-0.39, 0.29) is 35.6 Å². The fraction of sp³-hybridized carbons (Fsp3) is 0.522. The maximum absolute atomic E-state index is 12.8. The lowest BCUT2D eigenvalue weighted by Gasteiger charge is -2.47. The summed E-state index contributed by atoms with van der Waals surface area (Å²) in [5.74, 6) is 1.28. The van der Waals surface area contributed by atoms with Gasteiger partial charge in [0.25, 0.3) is 11.5 Å². The second-order valence-electron chi connectivity index (χ2n) is 18.3. The van der Waals surface area contributed by atoms with E-state index in [1.807, 2.05) is 17.8 Å². The Morgan fingerprint density at radius 1 is 0.953 bits per heavy atom. The zero-order valence-corrected chi connectivity index (χ0v) is 37.8. The zero-order chi connectivity index (χ0) is 44.7. The largest absolute Gasteiger partial charge is 0.478 e. The molecule has 18 heteroatoms. The zero-order valence-electron chi connectivity index (χ0n) is 37.0. The topological polar surface area (TPSA) is 185 Å². The van der Waals surface area contributed by atoms with Crippen molar-refractivity contribution in [3.63, 3.8) is 0 Å². The Hall–Kier alpha value is -5.81. The SMILES string of the molecule is CNC(=O)COc1cc2cc(Nc3nc(N4CCC5(CCN(C[C@H](C)C6CCN(c7ccc8c(C9CCC(=O)NC9=O)nn(C)c8c7)CC6)CC5)CC4)ncc3Cl)cnc2n(C)c1=O. The molecule has 4 saturated heterocycles. The maximum Gasteiger partial charge on any atom is 0.294 e. The second kappa shape index (κ2) is 18.0. The van der Waals surface area contributed by atoms with Gasteiger partial charge in [-0.25, -0.2) is 9.97 Å². The van der Waals surface area contributed by atoms with Crippen LogP contribution >= 0.6 is 11.6 Å². The van der Waals surface area contributed by atoms with Gasteiger partial charge in [-0.3, -0.25) is 33.7 Å². The molecule has 9 rings (SSSR count). The van der Waals surface area contributed by atoms with Gasteiger partial charge >= 0.3 is 0 Å². The Labute approximate surface area is 376 Å². The molecule has 0 radical (unpaired) electrons. The Balaban J connectivity index is 0.750. The highest BCUT2D eigenvalue weighted by Crippen LogP contribution is 2.43. The molecule has 4 aliphatic heterocycles. The minimum atomic E-state index is -0.400. The number of rotatable bonds is 11. The number of carbonyl (C=O) groups is 3. The molecule has 1 spiro atoms. The summed E-state index contributed by atoms with van der Waals surface area (Å²) in [4.78, 5) is 70.3. The van der Waals surface area contributed by atoms with Crippen LogP contribution in [-0.2, 0) is 28.5 Å². The normalized spacial score (nSPS) is 20.2. The molecular formula is C46H57ClN12O5. The lowest BCUT2D eigenvalue weighted by atomic mass is 9.71. The molecular weight excluding hydrogens is 836 g/mol. The van der Waals surface area contributed by atoms with E-state index in [1.165, 1.54) is 43.0 Å². The van der Waals surface area contributed by atoms with Crippen molar-refractivity contribution in [2.75, 3.05) is 74.6 Å². The van der Waals surface area contributed by atoms with Gasteiger partial charge in [-0.05, 0) is 106 Å². The smallest absolute Gasteiger partial charge is 0.294 e. The van der Waals surface area contributed by atoms with E-state index in [4.69, 9.17) is 26.4 Å². The molecule has 4 aliphatic rings. The molecule has 0 bridgehead atoms.